The van der Waals surface area contributed by atoms with Gasteiger partial charge in [-0.1, -0.05) is 12.8 Å². The van der Waals surface area contributed by atoms with Crippen molar-refractivity contribution in [3.63, 3.8) is 0 Å². The summed E-state index contributed by atoms with van der Waals surface area (Å²) in [6.07, 6.45) is 8.34. The molecule has 0 bridgehead atoms. The quantitative estimate of drug-likeness (QED) is 0.516. The van der Waals surface area contributed by atoms with Gasteiger partial charge in [-0.2, -0.15) is 5.10 Å². The zero-order valence-electron chi connectivity index (χ0n) is 10.8. The molecule has 0 radical (unpaired) electrons. The van der Waals surface area contributed by atoms with E-state index in [4.69, 9.17) is 5.11 Å². The number of nitrogens with zero attached hydrogens (tertiary/aromatic N) is 1. The monoisotopic (exact) mass is 254 g/mol. The molecule has 0 aromatic heterocycles. The van der Waals surface area contributed by atoms with Gasteiger partial charge in [0.05, 0.1) is 0 Å². The highest BCUT2D eigenvalue weighted by Crippen LogP contribution is 2.13. The lowest BCUT2D eigenvalue weighted by atomic mass is 10.1. The van der Waals surface area contributed by atoms with E-state index in [9.17, 15) is 9.59 Å². The number of amides is 1. The van der Waals surface area contributed by atoms with Gasteiger partial charge in [0.2, 0.25) is 5.91 Å². The molecule has 102 valence electrons. The molecular formula is C13H22N2O3. The summed E-state index contributed by atoms with van der Waals surface area (Å²) in [4.78, 5) is 21.7. The summed E-state index contributed by atoms with van der Waals surface area (Å²) in [7, 11) is 0. The summed E-state index contributed by atoms with van der Waals surface area (Å²) >= 11 is 0. The van der Waals surface area contributed by atoms with Crippen molar-refractivity contribution >= 4 is 17.6 Å². The van der Waals surface area contributed by atoms with E-state index in [1.54, 1.807) is 0 Å². The van der Waals surface area contributed by atoms with Gasteiger partial charge >= 0.3 is 5.97 Å². The normalized spacial score (nSPS) is 14.6. The molecule has 0 aliphatic heterocycles. The van der Waals surface area contributed by atoms with Crippen molar-refractivity contribution in [3.8, 4) is 0 Å². The Morgan fingerprint density at radius 2 is 1.67 bits per heavy atom. The second-order valence-electron chi connectivity index (χ2n) is 4.73. The largest absolute Gasteiger partial charge is 0.481 e. The third-order valence-corrected chi connectivity index (χ3v) is 3.06. The highest BCUT2D eigenvalue weighted by Gasteiger charge is 2.08. The van der Waals surface area contributed by atoms with Crippen LogP contribution in [0.15, 0.2) is 5.10 Å². The van der Waals surface area contributed by atoms with Crippen molar-refractivity contribution in [1.82, 2.24) is 5.43 Å². The third-order valence-electron chi connectivity index (χ3n) is 3.06. The van der Waals surface area contributed by atoms with E-state index < -0.39 is 5.97 Å². The van der Waals surface area contributed by atoms with Crippen molar-refractivity contribution in [2.45, 2.75) is 64.2 Å². The molecule has 5 nitrogen and oxygen atoms in total. The van der Waals surface area contributed by atoms with Crippen LogP contribution in [0.25, 0.3) is 0 Å². The number of rotatable bonds is 8. The van der Waals surface area contributed by atoms with E-state index in [2.05, 4.69) is 10.5 Å². The first-order valence-corrected chi connectivity index (χ1v) is 6.74. The summed E-state index contributed by atoms with van der Waals surface area (Å²) in [5, 5.41) is 12.6. The van der Waals surface area contributed by atoms with E-state index in [-0.39, 0.29) is 12.3 Å². The fourth-order valence-electron chi connectivity index (χ4n) is 2.01. The predicted molar refractivity (Wildman–Crippen MR) is 69.4 cm³/mol. The average molecular weight is 254 g/mol. The maximum atomic E-state index is 11.4. The van der Waals surface area contributed by atoms with Crippen LogP contribution in [0.1, 0.15) is 64.2 Å². The number of carbonyl (C=O) groups excluding carboxylic acids is 1. The second-order valence-corrected chi connectivity index (χ2v) is 4.73. The molecule has 1 rings (SSSR count). The number of nitrogens with one attached hydrogen (secondary N) is 1. The lowest BCUT2D eigenvalue weighted by molar-refractivity contribution is -0.137. The predicted octanol–water partition coefficient (Wildman–Crippen LogP) is 2.46. The Kier molecular flexibility index (Phi) is 7.06. The average Bonchev–Trinajstić information content (AvgIpc) is 2.83. The molecule has 0 aromatic rings. The van der Waals surface area contributed by atoms with Gasteiger partial charge in [0.1, 0.15) is 0 Å². The fraction of sp³-hybridized carbons (Fsp3) is 0.769. The van der Waals surface area contributed by atoms with Crippen LogP contribution in [0.3, 0.4) is 0 Å². The fourth-order valence-corrected chi connectivity index (χ4v) is 2.01. The van der Waals surface area contributed by atoms with Gasteiger partial charge in [-0.3, -0.25) is 9.59 Å². The van der Waals surface area contributed by atoms with Gasteiger partial charge < -0.3 is 5.11 Å². The lowest BCUT2D eigenvalue weighted by Crippen LogP contribution is -2.18. The van der Waals surface area contributed by atoms with Crippen LogP contribution in [-0.4, -0.2) is 22.7 Å². The first-order chi connectivity index (χ1) is 8.68. The molecule has 18 heavy (non-hydrogen) atoms. The van der Waals surface area contributed by atoms with Crippen molar-refractivity contribution < 1.29 is 14.7 Å². The molecular weight excluding hydrogens is 232 g/mol. The molecule has 0 aromatic carbocycles. The molecule has 0 unspecified atom stereocenters. The van der Waals surface area contributed by atoms with E-state index in [0.717, 1.165) is 37.8 Å². The number of aliphatic carboxylic acids is 1. The molecule has 1 amide bonds. The van der Waals surface area contributed by atoms with Crippen molar-refractivity contribution in [3.05, 3.63) is 0 Å². The molecule has 1 fully saturated rings. The Morgan fingerprint density at radius 3 is 2.28 bits per heavy atom. The Hall–Kier alpha value is -1.39. The zero-order valence-corrected chi connectivity index (χ0v) is 10.8. The van der Waals surface area contributed by atoms with Crippen molar-refractivity contribution in [2.75, 3.05) is 0 Å². The van der Waals surface area contributed by atoms with Crippen LogP contribution in [0.2, 0.25) is 0 Å². The number of carboxylic acids is 1. The Morgan fingerprint density at radius 1 is 1.06 bits per heavy atom. The summed E-state index contributed by atoms with van der Waals surface area (Å²) < 4.78 is 0. The van der Waals surface area contributed by atoms with Crippen LogP contribution < -0.4 is 5.43 Å². The molecule has 0 atom stereocenters. The van der Waals surface area contributed by atoms with Gasteiger partial charge in [-0.15, -0.1) is 0 Å². The number of carboxylic acid groups (broad SMARTS) is 1. The maximum Gasteiger partial charge on any atom is 0.303 e. The molecule has 1 aliphatic carbocycles. The summed E-state index contributed by atoms with van der Waals surface area (Å²) in [6, 6.07) is 0. The van der Waals surface area contributed by atoms with E-state index in [0.29, 0.717) is 12.8 Å². The standard InChI is InChI=1S/C13H22N2O3/c16-12(15-14-11-7-5-6-8-11)9-3-1-2-4-10-13(17)18/h1-10H2,(H,15,16)(H,17,18). The van der Waals surface area contributed by atoms with Crippen molar-refractivity contribution in [2.24, 2.45) is 5.10 Å². The van der Waals surface area contributed by atoms with Crippen LogP contribution >= 0.6 is 0 Å². The maximum absolute atomic E-state index is 11.4. The minimum absolute atomic E-state index is 0.0346. The molecule has 0 heterocycles. The van der Waals surface area contributed by atoms with Gasteiger partial charge in [0.15, 0.2) is 0 Å². The molecule has 0 spiro atoms. The third kappa shape index (κ3) is 7.04. The van der Waals surface area contributed by atoms with Gasteiger partial charge in [0.25, 0.3) is 0 Å². The molecule has 0 saturated heterocycles. The number of carbonyl (C=O) groups is 2. The smallest absolute Gasteiger partial charge is 0.303 e. The Balaban J connectivity index is 1.96. The van der Waals surface area contributed by atoms with E-state index in [1.807, 2.05) is 0 Å². The first-order valence-electron chi connectivity index (χ1n) is 6.74. The van der Waals surface area contributed by atoms with Crippen LogP contribution in [0, 0.1) is 0 Å². The second kappa shape index (κ2) is 8.66. The number of hydrogen-bond acceptors (Lipinski definition) is 3. The van der Waals surface area contributed by atoms with Crippen LogP contribution in [-0.2, 0) is 9.59 Å². The first kappa shape index (κ1) is 14.7. The summed E-state index contributed by atoms with van der Waals surface area (Å²) in [5.74, 6) is -0.784. The van der Waals surface area contributed by atoms with Gasteiger partial charge in [-0.05, 0) is 38.5 Å². The number of hydrogen-bond donors (Lipinski definition) is 2. The Bertz CT molecular complexity index is 305. The topological polar surface area (TPSA) is 78.8 Å². The van der Waals surface area contributed by atoms with E-state index >= 15 is 0 Å². The highest BCUT2D eigenvalue weighted by atomic mass is 16.4. The minimum atomic E-state index is -0.750. The zero-order chi connectivity index (χ0) is 13.2. The lowest BCUT2D eigenvalue weighted by Gasteiger charge is -2.01. The SMILES string of the molecule is O=C(O)CCCCCCC(=O)NN=C1CCCC1. The summed E-state index contributed by atoms with van der Waals surface area (Å²) in [6.45, 7) is 0. The van der Waals surface area contributed by atoms with Crippen LogP contribution in [0.5, 0.6) is 0 Å². The molecule has 5 heteroatoms. The van der Waals surface area contributed by atoms with Gasteiger partial charge in [0, 0.05) is 18.6 Å². The number of hydrazone groups is 1. The summed E-state index contributed by atoms with van der Waals surface area (Å²) in [5.41, 5.74) is 3.69. The van der Waals surface area contributed by atoms with E-state index in [1.165, 1.54) is 12.8 Å². The number of unbranched alkanes of at least 4 members (excludes halogenated alkanes) is 3. The van der Waals surface area contributed by atoms with Crippen LogP contribution in [0.4, 0.5) is 0 Å². The minimum Gasteiger partial charge on any atom is -0.481 e. The van der Waals surface area contributed by atoms with Gasteiger partial charge in [-0.25, -0.2) is 5.43 Å². The van der Waals surface area contributed by atoms with Crippen molar-refractivity contribution in [1.29, 1.82) is 0 Å². The highest BCUT2D eigenvalue weighted by molar-refractivity contribution is 5.87. The molecule has 1 saturated carbocycles. The molecule has 1 aliphatic rings. The molecule has 2 N–H and O–H groups in total. The Labute approximate surface area is 108 Å².